The molecule has 0 bridgehead atoms. The molecule has 2 N–H and O–H groups in total. The largest absolute Gasteiger partial charge is 0.374 e. The Morgan fingerprint density at radius 3 is 3.09 bits per heavy atom. The number of anilines is 1. The Balaban J connectivity index is 1.50. The van der Waals surface area contributed by atoms with Gasteiger partial charge in [0.05, 0.1) is 12.7 Å². The predicted octanol–water partition coefficient (Wildman–Crippen LogP) is 2.86. The molecule has 0 aliphatic heterocycles. The first-order valence-electron chi connectivity index (χ1n) is 7.39. The maximum Gasteiger partial charge on any atom is 0.320 e. The molecular weight excluding hydrogens is 300 g/mol. The molecule has 2 aromatic rings. The number of aromatic nitrogens is 2. The molecule has 2 amide bonds. The molecule has 0 unspecified atom stereocenters. The first kappa shape index (κ1) is 15.1. The number of urea groups is 1. The van der Waals surface area contributed by atoms with E-state index in [0.29, 0.717) is 12.5 Å². The van der Waals surface area contributed by atoms with Crippen LogP contribution >= 0.6 is 11.3 Å². The minimum atomic E-state index is -0.240. The lowest BCUT2D eigenvalue weighted by Crippen LogP contribution is -2.33. The number of carbonyl (C=O) groups is 1. The second-order valence-electron chi connectivity index (χ2n) is 5.42. The molecule has 0 spiro atoms. The molecule has 0 aromatic carbocycles. The minimum absolute atomic E-state index is 0.123. The van der Waals surface area contributed by atoms with Crippen molar-refractivity contribution in [2.75, 3.05) is 19.0 Å². The quantitative estimate of drug-likeness (QED) is 0.824. The molecule has 118 valence electrons. The van der Waals surface area contributed by atoms with Crippen molar-refractivity contribution in [1.29, 1.82) is 0 Å². The van der Waals surface area contributed by atoms with Crippen LogP contribution in [0.4, 0.5) is 10.6 Å². The molecule has 6 nitrogen and oxygen atoms in total. The van der Waals surface area contributed by atoms with E-state index in [0.717, 1.165) is 17.2 Å². The molecule has 0 radical (unpaired) electrons. The maximum absolute atomic E-state index is 12.0. The van der Waals surface area contributed by atoms with Gasteiger partial charge in [-0.15, -0.1) is 11.3 Å². The number of rotatable bonds is 7. The van der Waals surface area contributed by atoms with Crippen LogP contribution in [0.15, 0.2) is 29.8 Å². The fourth-order valence-electron chi connectivity index (χ4n) is 2.25. The average molecular weight is 320 g/mol. The van der Waals surface area contributed by atoms with Gasteiger partial charge in [-0.3, -0.25) is 5.32 Å². The summed E-state index contributed by atoms with van der Waals surface area (Å²) in [6, 6.07) is 5.55. The van der Waals surface area contributed by atoms with E-state index in [1.807, 2.05) is 28.3 Å². The van der Waals surface area contributed by atoms with Gasteiger partial charge < -0.3 is 10.1 Å². The number of methoxy groups -OCH3 is 1. The van der Waals surface area contributed by atoms with Gasteiger partial charge in [0.2, 0.25) is 0 Å². The van der Waals surface area contributed by atoms with Crippen LogP contribution in [0.1, 0.15) is 23.8 Å². The van der Waals surface area contributed by atoms with Gasteiger partial charge in [0.15, 0.2) is 0 Å². The first-order chi connectivity index (χ1) is 10.8. The zero-order chi connectivity index (χ0) is 15.4. The highest BCUT2D eigenvalue weighted by atomic mass is 32.1. The monoisotopic (exact) mass is 320 g/mol. The van der Waals surface area contributed by atoms with Gasteiger partial charge >= 0.3 is 6.03 Å². The standard InChI is InChI=1S/C15H20N4O2S/c1-21-12(13-3-2-8-22-13)9-16-15(20)18-14-6-7-17-19(14)10-11-4-5-11/h2-3,6-8,11-12H,4-5,9-10H2,1H3,(H2,16,18,20)/t12-/m0/s1. The zero-order valence-corrected chi connectivity index (χ0v) is 13.3. The summed E-state index contributed by atoms with van der Waals surface area (Å²) in [6.07, 6.45) is 4.09. The van der Waals surface area contributed by atoms with Crippen molar-refractivity contribution >= 4 is 23.2 Å². The Hall–Kier alpha value is -1.86. The summed E-state index contributed by atoms with van der Waals surface area (Å²) in [5.41, 5.74) is 0. The molecule has 1 fully saturated rings. The first-order valence-corrected chi connectivity index (χ1v) is 8.27. The zero-order valence-electron chi connectivity index (χ0n) is 12.5. The third-order valence-electron chi connectivity index (χ3n) is 3.68. The van der Waals surface area contributed by atoms with Gasteiger partial charge in [-0.1, -0.05) is 6.07 Å². The lowest BCUT2D eigenvalue weighted by molar-refractivity contribution is 0.107. The van der Waals surface area contributed by atoms with Crippen molar-refractivity contribution in [2.45, 2.75) is 25.5 Å². The molecule has 22 heavy (non-hydrogen) atoms. The summed E-state index contributed by atoms with van der Waals surface area (Å²) in [7, 11) is 1.65. The lowest BCUT2D eigenvalue weighted by atomic mass is 10.3. The van der Waals surface area contributed by atoms with E-state index in [4.69, 9.17) is 4.74 Å². The van der Waals surface area contributed by atoms with E-state index in [1.165, 1.54) is 12.8 Å². The van der Waals surface area contributed by atoms with Crippen LogP contribution in [0, 0.1) is 5.92 Å². The van der Waals surface area contributed by atoms with Crippen molar-refractivity contribution in [1.82, 2.24) is 15.1 Å². The molecule has 2 aromatic heterocycles. The Labute approximate surface area is 133 Å². The van der Waals surface area contributed by atoms with Crippen LogP contribution < -0.4 is 10.6 Å². The number of ether oxygens (including phenoxy) is 1. The van der Waals surface area contributed by atoms with E-state index in [1.54, 1.807) is 24.6 Å². The summed E-state index contributed by atoms with van der Waals surface area (Å²) in [5.74, 6) is 1.44. The van der Waals surface area contributed by atoms with Crippen LogP contribution in [-0.2, 0) is 11.3 Å². The van der Waals surface area contributed by atoms with Gasteiger partial charge in [-0.25, -0.2) is 9.48 Å². The highest BCUT2D eigenvalue weighted by molar-refractivity contribution is 7.10. The van der Waals surface area contributed by atoms with Crippen molar-refractivity contribution in [2.24, 2.45) is 5.92 Å². The van der Waals surface area contributed by atoms with Crippen LogP contribution in [0.5, 0.6) is 0 Å². The Morgan fingerprint density at radius 2 is 2.41 bits per heavy atom. The van der Waals surface area contributed by atoms with Gasteiger partial charge in [0.25, 0.3) is 0 Å². The molecule has 3 rings (SSSR count). The smallest absolute Gasteiger partial charge is 0.320 e. The number of thiophene rings is 1. The lowest BCUT2D eigenvalue weighted by Gasteiger charge is -2.15. The molecule has 1 saturated carbocycles. The second kappa shape index (κ2) is 6.93. The number of nitrogens with one attached hydrogen (secondary N) is 2. The second-order valence-corrected chi connectivity index (χ2v) is 6.40. The summed E-state index contributed by atoms with van der Waals surface area (Å²) < 4.78 is 7.27. The van der Waals surface area contributed by atoms with Gasteiger partial charge in [0.1, 0.15) is 11.9 Å². The SMILES string of the molecule is CO[C@@H](CNC(=O)Nc1ccnn1CC1CC1)c1cccs1. The molecule has 1 aliphatic carbocycles. The van der Waals surface area contributed by atoms with Crippen molar-refractivity contribution in [3.63, 3.8) is 0 Å². The van der Waals surface area contributed by atoms with Crippen LogP contribution in [0.2, 0.25) is 0 Å². The summed E-state index contributed by atoms with van der Waals surface area (Å²) in [5, 5.41) is 11.9. The number of hydrogen-bond donors (Lipinski definition) is 2. The summed E-state index contributed by atoms with van der Waals surface area (Å²) in [4.78, 5) is 13.1. The van der Waals surface area contributed by atoms with Gasteiger partial charge in [-0.2, -0.15) is 5.10 Å². The molecular formula is C15H20N4O2S. The van der Waals surface area contributed by atoms with E-state index >= 15 is 0 Å². The van der Waals surface area contributed by atoms with E-state index < -0.39 is 0 Å². The Bertz CT molecular complexity index is 607. The summed E-state index contributed by atoms with van der Waals surface area (Å²) in [6.45, 7) is 1.30. The highest BCUT2D eigenvalue weighted by Crippen LogP contribution is 2.31. The minimum Gasteiger partial charge on any atom is -0.374 e. The molecule has 1 atom stereocenters. The van der Waals surface area contributed by atoms with Gasteiger partial charge in [-0.05, 0) is 30.2 Å². The predicted molar refractivity (Wildman–Crippen MR) is 86.0 cm³/mol. The van der Waals surface area contributed by atoms with Crippen LogP contribution in [0.3, 0.4) is 0 Å². The number of carbonyl (C=O) groups excluding carboxylic acids is 1. The van der Waals surface area contributed by atoms with Crippen LogP contribution in [0.25, 0.3) is 0 Å². The third-order valence-corrected chi connectivity index (χ3v) is 4.64. The van der Waals surface area contributed by atoms with Crippen molar-refractivity contribution < 1.29 is 9.53 Å². The third kappa shape index (κ3) is 3.86. The number of hydrogen-bond acceptors (Lipinski definition) is 4. The van der Waals surface area contributed by atoms with Crippen molar-refractivity contribution in [3.05, 3.63) is 34.7 Å². The molecule has 7 heteroatoms. The maximum atomic E-state index is 12.0. The van der Waals surface area contributed by atoms with E-state index in [-0.39, 0.29) is 12.1 Å². The Kier molecular flexibility index (Phi) is 4.74. The average Bonchev–Trinajstić information content (AvgIpc) is 2.98. The van der Waals surface area contributed by atoms with E-state index in [9.17, 15) is 4.79 Å². The topological polar surface area (TPSA) is 68.2 Å². The molecule has 0 saturated heterocycles. The van der Waals surface area contributed by atoms with E-state index in [2.05, 4.69) is 15.7 Å². The highest BCUT2D eigenvalue weighted by Gasteiger charge is 2.23. The number of nitrogens with zero attached hydrogens (tertiary/aromatic N) is 2. The van der Waals surface area contributed by atoms with Crippen molar-refractivity contribution in [3.8, 4) is 0 Å². The normalized spacial score (nSPS) is 15.5. The number of amides is 2. The molecule has 1 aliphatic rings. The Morgan fingerprint density at radius 1 is 1.55 bits per heavy atom. The fourth-order valence-corrected chi connectivity index (χ4v) is 3.05. The summed E-state index contributed by atoms with van der Waals surface area (Å²) >= 11 is 1.62. The fraction of sp³-hybridized carbons (Fsp3) is 0.467. The van der Waals surface area contributed by atoms with Crippen LogP contribution in [-0.4, -0.2) is 29.5 Å². The van der Waals surface area contributed by atoms with Gasteiger partial charge in [0, 0.05) is 24.6 Å². The molecule has 2 heterocycles.